The first-order valence-electron chi connectivity index (χ1n) is 8.55. The minimum atomic E-state index is -0.753. The number of methoxy groups -OCH3 is 2. The Morgan fingerprint density at radius 1 is 1.14 bits per heavy atom. The van der Waals surface area contributed by atoms with Crippen LogP contribution in [-0.4, -0.2) is 43.4 Å². The van der Waals surface area contributed by atoms with E-state index in [1.807, 2.05) is 0 Å². The summed E-state index contributed by atoms with van der Waals surface area (Å²) in [7, 11) is 3.01. The molecular weight excluding hydrogens is 362 g/mol. The van der Waals surface area contributed by atoms with Crippen LogP contribution in [0.1, 0.15) is 18.1 Å². The van der Waals surface area contributed by atoms with Gasteiger partial charge in [-0.25, -0.2) is 5.43 Å². The van der Waals surface area contributed by atoms with Gasteiger partial charge in [0.05, 0.1) is 26.9 Å². The van der Waals surface area contributed by atoms with E-state index in [9.17, 15) is 14.7 Å². The number of amides is 2. The molecule has 1 unspecified atom stereocenters. The van der Waals surface area contributed by atoms with Crippen molar-refractivity contribution in [3.8, 4) is 17.2 Å². The van der Waals surface area contributed by atoms with Crippen LogP contribution >= 0.6 is 0 Å². The van der Waals surface area contributed by atoms with Crippen LogP contribution in [0.15, 0.2) is 47.6 Å². The zero-order chi connectivity index (χ0) is 20.5. The highest BCUT2D eigenvalue weighted by molar-refractivity contribution is 5.89. The second-order valence-electron chi connectivity index (χ2n) is 5.98. The van der Waals surface area contributed by atoms with E-state index in [4.69, 9.17) is 9.47 Å². The molecule has 0 saturated carbocycles. The Hall–Kier alpha value is -3.55. The first-order valence-corrected chi connectivity index (χ1v) is 8.55. The van der Waals surface area contributed by atoms with E-state index in [-0.39, 0.29) is 18.1 Å². The average Bonchev–Trinajstić information content (AvgIpc) is 2.69. The summed E-state index contributed by atoms with van der Waals surface area (Å²) >= 11 is 0. The lowest BCUT2D eigenvalue weighted by Crippen LogP contribution is -2.43. The molecule has 0 bridgehead atoms. The van der Waals surface area contributed by atoms with Crippen LogP contribution < -0.4 is 20.2 Å². The Balaban J connectivity index is 1.83. The van der Waals surface area contributed by atoms with Crippen molar-refractivity contribution in [1.29, 1.82) is 0 Å². The van der Waals surface area contributed by atoms with Gasteiger partial charge in [-0.3, -0.25) is 9.59 Å². The molecule has 0 aliphatic heterocycles. The predicted octanol–water partition coefficient (Wildman–Crippen LogP) is 1.61. The van der Waals surface area contributed by atoms with Crippen LogP contribution in [0.25, 0.3) is 0 Å². The summed E-state index contributed by atoms with van der Waals surface area (Å²) in [5.41, 5.74) is 3.80. The SMILES string of the molecule is COc1ccc(CC(=O)NC(C)C(=O)N/N=C/c2ccc(O)c(OC)c2)cc1. The lowest BCUT2D eigenvalue weighted by atomic mass is 10.1. The van der Waals surface area contributed by atoms with Gasteiger partial charge < -0.3 is 19.9 Å². The fourth-order valence-corrected chi connectivity index (χ4v) is 2.33. The fourth-order valence-electron chi connectivity index (χ4n) is 2.33. The topological polar surface area (TPSA) is 109 Å². The summed E-state index contributed by atoms with van der Waals surface area (Å²) in [5, 5.41) is 16.0. The van der Waals surface area contributed by atoms with E-state index >= 15 is 0 Å². The van der Waals surface area contributed by atoms with Gasteiger partial charge in [0.25, 0.3) is 5.91 Å². The molecule has 8 nitrogen and oxygen atoms in total. The summed E-state index contributed by atoms with van der Waals surface area (Å²) < 4.78 is 10.1. The molecule has 0 spiro atoms. The van der Waals surface area contributed by atoms with Crippen molar-refractivity contribution in [2.75, 3.05) is 14.2 Å². The van der Waals surface area contributed by atoms with Gasteiger partial charge in [-0.15, -0.1) is 0 Å². The Kier molecular flexibility index (Phi) is 7.38. The molecule has 0 fully saturated rings. The maximum atomic E-state index is 12.1. The van der Waals surface area contributed by atoms with Crippen LogP contribution in [0.2, 0.25) is 0 Å². The summed E-state index contributed by atoms with van der Waals surface area (Å²) in [6.45, 7) is 1.57. The number of benzene rings is 2. The number of phenols is 1. The quantitative estimate of drug-likeness (QED) is 0.472. The monoisotopic (exact) mass is 385 g/mol. The maximum absolute atomic E-state index is 12.1. The lowest BCUT2D eigenvalue weighted by molar-refractivity contribution is -0.128. The minimum absolute atomic E-state index is 0.0110. The van der Waals surface area contributed by atoms with Crippen molar-refractivity contribution in [3.05, 3.63) is 53.6 Å². The van der Waals surface area contributed by atoms with Crippen LogP contribution in [0.5, 0.6) is 17.2 Å². The van der Waals surface area contributed by atoms with Crippen LogP contribution in [0, 0.1) is 0 Å². The van der Waals surface area contributed by atoms with Gasteiger partial charge in [-0.1, -0.05) is 12.1 Å². The number of carbonyl (C=O) groups excluding carboxylic acids is 2. The van der Waals surface area contributed by atoms with E-state index in [2.05, 4.69) is 15.8 Å². The minimum Gasteiger partial charge on any atom is -0.504 e. The number of phenolic OH excluding ortho intramolecular Hbond substituents is 1. The third-order valence-corrected chi connectivity index (χ3v) is 3.89. The summed E-state index contributed by atoms with van der Waals surface area (Å²) in [4.78, 5) is 24.1. The van der Waals surface area contributed by atoms with Gasteiger partial charge in [-0.2, -0.15) is 5.10 Å². The maximum Gasteiger partial charge on any atom is 0.262 e. The molecule has 0 saturated heterocycles. The molecule has 0 radical (unpaired) electrons. The lowest BCUT2D eigenvalue weighted by Gasteiger charge is -2.12. The fraction of sp³-hybridized carbons (Fsp3) is 0.250. The van der Waals surface area contributed by atoms with Crippen LogP contribution in [0.3, 0.4) is 0 Å². The van der Waals surface area contributed by atoms with Crippen molar-refractivity contribution < 1.29 is 24.2 Å². The molecule has 0 aliphatic carbocycles. The highest BCUT2D eigenvalue weighted by Gasteiger charge is 2.15. The number of ether oxygens (including phenoxy) is 2. The second kappa shape index (κ2) is 9.96. The molecule has 0 heterocycles. The predicted molar refractivity (Wildman–Crippen MR) is 105 cm³/mol. The van der Waals surface area contributed by atoms with Gasteiger partial charge in [-0.05, 0) is 48.4 Å². The van der Waals surface area contributed by atoms with Crippen molar-refractivity contribution in [2.45, 2.75) is 19.4 Å². The average molecular weight is 385 g/mol. The van der Waals surface area contributed by atoms with Crippen molar-refractivity contribution >= 4 is 18.0 Å². The Labute approximate surface area is 163 Å². The molecule has 28 heavy (non-hydrogen) atoms. The molecule has 2 aromatic rings. The first-order chi connectivity index (χ1) is 13.4. The number of nitrogens with one attached hydrogen (secondary N) is 2. The third-order valence-electron chi connectivity index (χ3n) is 3.89. The smallest absolute Gasteiger partial charge is 0.262 e. The molecule has 0 aromatic heterocycles. The van der Waals surface area contributed by atoms with Gasteiger partial charge in [0.15, 0.2) is 11.5 Å². The normalized spacial score (nSPS) is 11.7. The largest absolute Gasteiger partial charge is 0.504 e. The summed E-state index contributed by atoms with van der Waals surface area (Å²) in [5.74, 6) is 0.289. The van der Waals surface area contributed by atoms with E-state index in [0.717, 1.165) is 5.56 Å². The number of aromatic hydroxyl groups is 1. The Morgan fingerprint density at radius 2 is 1.86 bits per heavy atom. The number of nitrogens with zero attached hydrogens (tertiary/aromatic N) is 1. The molecular formula is C20H23N3O5. The molecule has 0 aliphatic rings. The zero-order valence-corrected chi connectivity index (χ0v) is 15.9. The number of hydrogen-bond donors (Lipinski definition) is 3. The van der Waals surface area contributed by atoms with Crippen molar-refractivity contribution in [1.82, 2.24) is 10.7 Å². The standard InChI is InChI=1S/C20H23N3O5/c1-13(22-19(25)11-14-4-7-16(27-2)8-5-14)20(26)23-21-12-15-6-9-17(24)18(10-15)28-3/h4-10,12-13,24H,11H2,1-3H3,(H,22,25)(H,23,26)/b21-12+. The van der Waals surface area contributed by atoms with Crippen LogP contribution in [0.4, 0.5) is 0 Å². The van der Waals surface area contributed by atoms with Gasteiger partial charge >= 0.3 is 0 Å². The van der Waals surface area contributed by atoms with Crippen molar-refractivity contribution in [3.63, 3.8) is 0 Å². The number of hydrogen-bond acceptors (Lipinski definition) is 6. The van der Waals surface area contributed by atoms with Crippen molar-refractivity contribution in [2.24, 2.45) is 5.10 Å². The van der Waals surface area contributed by atoms with Gasteiger partial charge in [0.1, 0.15) is 11.8 Å². The zero-order valence-electron chi connectivity index (χ0n) is 15.9. The molecule has 148 valence electrons. The van der Waals surface area contributed by atoms with Gasteiger partial charge in [0, 0.05) is 0 Å². The second-order valence-corrected chi connectivity index (χ2v) is 5.98. The Bertz CT molecular complexity index is 849. The van der Waals surface area contributed by atoms with Gasteiger partial charge in [0.2, 0.25) is 5.91 Å². The molecule has 8 heteroatoms. The molecule has 3 N–H and O–H groups in total. The summed E-state index contributed by atoms with van der Waals surface area (Å²) in [6.07, 6.45) is 1.56. The highest BCUT2D eigenvalue weighted by atomic mass is 16.5. The molecule has 2 aromatic carbocycles. The first kappa shape index (κ1) is 20.8. The molecule has 1 atom stereocenters. The van der Waals surface area contributed by atoms with E-state index in [0.29, 0.717) is 17.1 Å². The summed E-state index contributed by atoms with van der Waals surface area (Å²) in [6, 6.07) is 11.0. The number of hydrazone groups is 1. The number of rotatable bonds is 8. The Morgan fingerprint density at radius 3 is 2.50 bits per heavy atom. The molecule has 2 rings (SSSR count). The van der Waals surface area contributed by atoms with Crippen LogP contribution in [-0.2, 0) is 16.0 Å². The van der Waals surface area contributed by atoms with E-state index < -0.39 is 11.9 Å². The van der Waals surface area contributed by atoms with E-state index in [1.165, 1.54) is 19.4 Å². The highest BCUT2D eigenvalue weighted by Crippen LogP contribution is 2.25. The number of carbonyl (C=O) groups is 2. The third kappa shape index (κ3) is 6.01. The molecule has 2 amide bonds. The van der Waals surface area contributed by atoms with E-state index in [1.54, 1.807) is 50.4 Å².